The highest BCUT2D eigenvalue weighted by Crippen LogP contribution is 2.27. The summed E-state index contributed by atoms with van der Waals surface area (Å²) in [5.74, 6) is -3.34. The summed E-state index contributed by atoms with van der Waals surface area (Å²) in [5.41, 5.74) is 0.194. The van der Waals surface area contributed by atoms with E-state index in [0.717, 1.165) is 21.9 Å². The van der Waals surface area contributed by atoms with Gasteiger partial charge in [0.25, 0.3) is 5.91 Å². The topological polar surface area (TPSA) is 111 Å². The molecule has 0 bridgehead atoms. The Balaban J connectivity index is 1.85. The molecule has 1 aromatic heterocycles. The molecule has 1 aliphatic rings. The first-order chi connectivity index (χ1) is 13.4. The number of imide groups is 1. The van der Waals surface area contributed by atoms with Gasteiger partial charge in [-0.15, -0.1) is 0 Å². The fraction of sp³-hybridized carbons (Fsp3) is 0.263. The molecule has 1 aromatic carbocycles. The number of amides is 3. The van der Waals surface area contributed by atoms with Crippen LogP contribution in [-0.2, 0) is 25.7 Å². The summed E-state index contributed by atoms with van der Waals surface area (Å²) in [6.45, 7) is -0.0974. The quantitative estimate of drug-likeness (QED) is 0.644. The van der Waals surface area contributed by atoms with E-state index in [9.17, 15) is 28.7 Å². The van der Waals surface area contributed by atoms with Gasteiger partial charge in [0.1, 0.15) is 17.6 Å². The lowest BCUT2D eigenvalue weighted by Crippen LogP contribution is -2.45. The number of anilines is 1. The lowest BCUT2D eigenvalue weighted by Gasteiger charge is -2.27. The van der Waals surface area contributed by atoms with Crippen LogP contribution in [0.4, 0.5) is 10.1 Å². The van der Waals surface area contributed by atoms with Crippen LogP contribution >= 0.6 is 0 Å². The van der Waals surface area contributed by atoms with E-state index in [4.69, 9.17) is 4.42 Å². The second-order valence-electron chi connectivity index (χ2n) is 6.24. The number of carboxylic acids is 1. The van der Waals surface area contributed by atoms with Crippen molar-refractivity contribution in [1.29, 1.82) is 0 Å². The summed E-state index contributed by atoms with van der Waals surface area (Å²) >= 11 is 0. The van der Waals surface area contributed by atoms with Crippen molar-refractivity contribution in [3.63, 3.8) is 0 Å². The Morgan fingerprint density at radius 2 is 1.89 bits per heavy atom. The number of aliphatic carboxylic acids is 1. The molecule has 1 fully saturated rings. The van der Waals surface area contributed by atoms with Gasteiger partial charge in [-0.1, -0.05) is 0 Å². The zero-order chi connectivity index (χ0) is 20.3. The number of hydrogen-bond donors (Lipinski definition) is 0. The predicted octanol–water partition coefficient (Wildman–Crippen LogP) is 0.609. The zero-order valence-corrected chi connectivity index (χ0v) is 14.7. The first kappa shape index (κ1) is 19.3. The van der Waals surface area contributed by atoms with Crippen molar-refractivity contribution in [2.45, 2.75) is 31.8 Å². The van der Waals surface area contributed by atoms with Crippen molar-refractivity contribution in [2.24, 2.45) is 0 Å². The molecule has 0 N–H and O–H groups in total. The van der Waals surface area contributed by atoms with Crippen molar-refractivity contribution in [3.05, 3.63) is 54.2 Å². The number of hydrogen-bond acceptors (Lipinski definition) is 6. The van der Waals surface area contributed by atoms with Crippen molar-refractivity contribution in [1.82, 2.24) is 4.90 Å². The van der Waals surface area contributed by atoms with Crippen LogP contribution in [0.25, 0.3) is 0 Å². The van der Waals surface area contributed by atoms with E-state index in [1.165, 1.54) is 18.4 Å². The first-order valence-corrected chi connectivity index (χ1v) is 8.51. The molecule has 28 heavy (non-hydrogen) atoms. The molecule has 8 nitrogen and oxygen atoms in total. The summed E-state index contributed by atoms with van der Waals surface area (Å²) in [5, 5.41) is 10.7. The molecule has 0 radical (unpaired) electrons. The number of carboxylic acid groups (broad SMARTS) is 1. The normalized spacial score (nSPS) is 16.5. The van der Waals surface area contributed by atoms with Crippen molar-refractivity contribution < 1.29 is 33.1 Å². The molecule has 2 heterocycles. The van der Waals surface area contributed by atoms with Crippen LogP contribution in [0, 0.1) is 5.82 Å². The number of nitrogens with zero attached hydrogens (tertiary/aromatic N) is 2. The van der Waals surface area contributed by atoms with Crippen LogP contribution in [0.2, 0.25) is 0 Å². The Bertz CT molecular complexity index is 894. The largest absolute Gasteiger partial charge is 0.550 e. The molecule has 1 aliphatic heterocycles. The second kappa shape index (κ2) is 8.03. The molecule has 3 rings (SSSR count). The van der Waals surface area contributed by atoms with Gasteiger partial charge in [-0.2, -0.15) is 0 Å². The number of rotatable bonds is 7. The number of furan rings is 1. The van der Waals surface area contributed by atoms with Crippen LogP contribution in [-0.4, -0.2) is 34.6 Å². The third-order valence-corrected chi connectivity index (χ3v) is 4.35. The lowest BCUT2D eigenvalue weighted by molar-refractivity contribution is -0.305. The van der Waals surface area contributed by atoms with Crippen LogP contribution in [0.15, 0.2) is 47.1 Å². The van der Waals surface area contributed by atoms with E-state index in [2.05, 4.69) is 0 Å². The Morgan fingerprint density at radius 1 is 1.18 bits per heavy atom. The van der Waals surface area contributed by atoms with Crippen molar-refractivity contribution in [2.75, 3.05) is 4.90 Å². The van der Waals surface area contributed by atoms with Gasteiger partial charge in [-0.25, -0.2) is 9.29 Å². The van der Waals surface area contributed by atoms with Gasteiger partial charge in [-0.05, 0) is 42.8 Å². The molecule has 1 saturated heterocycles. The highest BCUT2D eigenvalue weighted by Gasteiger charge is 2.44. The number of halogens is 1. The van der Waals surface area contributed by atoms with E-state index in [1.807, 2.05) is 0 Å². The Hall–Kier alpha value is -3.49. The monoisotopic (exact) mass is 387 g/mol. The molecule has 0 spiro atoms. The van der Waals surface area contributed by atoms with E-state index < -0.39 is 42.0 Å². The molecule has 2 aromatic rings. The van der Waals surface area contributed by atoms with Gasteiger partial charge < -0.3 is 19.2 Å². The van der Waals surface area contributed by atoms with E-state index in [1.54, 1.807) is 12.1 Å². The van der Waals surface area contributed by atoms with Crippen molar-refractivity contribution >= 4 is 29.4 Å². The SMILES string of the molecule is O=C([O-])CCC(=O)N(Cc1ccco1)[C@H]1CC(=O)N(c2ccc(F)cc2)C1=O. The van der Waals surface area contributed by atoms with Crippen LogP contribution in [0.1, 0.15) is 25.0 Å². The van der Waals surface area contributed by atoms with Crippen LogP contribution in [0.5, 0.6) is 0 Å². The summed E-state index contributed by atoms with van der Waals surface area (Å²) in [6, 6.07) is 6.91. The van der Waals surface area contributed by atoms with Crippen LogP contribution in [0.3, 0.4) is 0 Å². The predicted molar refractivity (Wildman–Crippen MR) is 90.8 cm³/mol. The summed E-state index contributed by atoms with van der Waals surface area (Å²) in [7, 11) is 0. The molecule has 146 valence electrons. The van der Waals surface area contributed by atoms with Gasteiger partial charge in [0.2, 0.25) is 11.8 Å². The minimum absolute atomic E-state index is 0.0974. The summed E-state index contributed by atoms with van der Waals surface area (Å²) in [4.78, 5) is 50.6. The third kappa shape index (κ3) is 4.08. The number of carbonyl (C=O) groups is 4. The minimum Gasteiger partial charge on any atom is -0.550 e. The van der Waals surface area contributed by atoms with E-state index >= 15 is 0 Å². The molecule has 0 unspecified atom stereocenters. The second-order valence-corrected chi connectivity index (χ2v) is 6.24. The first-order valence-electron chi connectivity index (χ1n) is 8.51. The zero-order valence-electron chi connectivity index (χ0n) is 14.7. The molecule has 1 atom stereocenters. The number of carbonyl (C=O) groups excluding carboxylic acids is 4. The van der Waals surface area contributed by atoms with Gasteiger partial charge in [0, 0.05) is 12.4 Å². The average molecular weight is 387 g/mol. The maximum Gasteiger partial charge on any atom is 0.257 e. The molecular formula is C19H16FN2O6-. The third-order valence-electron chi connectivity index (χ3n) is 4.35. The van der Waals surface area contributed by atoms with Gasteiger partial charge in [0.15, 0.2) is 0 Å². The fourth-order valence-corrected chi connectivity index (χ4v) is 3.02. The molecule has 0 saturated carbocycles. The van der Waals surface area contributed by atoms with Gasteiger partial charge in [-0.3, -0.25) is 14.4 Å². The molecule has 9 heteroatoms. The minimum atomic E-state index is -1.40. The smallest absolute Gasteiger partial charge is 0.257 e. The maximum atomic E-state index is 13.1. The van der Waals surface area contributed by atoms with E-state index in [-0.39, 0.29) is 25.1 Å². The molecule has 0 aliphatic carbocycles. The van der Waals surface area contributed by atoms with Gasteiger partial charge in [0.05, 0.1) is 24.9 Å². The average Bonchev–Trinajstić information content (AvgIpc) is 3.26. The highest BCUT2D eigenvalue weighted by molar-refractivity contribution is 6.23. The molecule has 3 amide bonds. The Kier molecular flexibility index (Phi) is 5.53. The Labute approximate surface area is 159 Å². The molecular weight excluding hydrogens is 371 g/mol. The Morgan fingerprint density at radius 3 is 2.50 bits per heavy atom. The van der Waals surface area contributed by atoms with Gasteiger partial charge >= 0.3 is 0 Å². The lowest BCUT2D eigenvalue weighted by atomic mass is 10.1. The number of benzene rings is 1. The maximum absolute atomic E-state index is 13.1. The van der Waals surface area contributed by atoms with Crippen LogP contribution < -0.4 is 10.0 Å². The van der Waals surface area contributed by atoms with Crippen molar-refractivity contribution in [3.8, 4) is 0 Å². The highest BCUT2D eigenvalue weighted by atomic mass is 19.1. The van der Waals surface area contributed by atoms with E-state index in [0.29, 0.717) is 5.76 Å². The summed E-state index contributed by atoms with van der Waals surface area (Å²) in [6.07, 6.45) is 0.237. The fourth-order valence-electron chi connectivity index (χ4n) is 3.02. The summed E-state index contributed by atoms with van der Waals surface area (Å²) < 4.78 is 18.3. The standard InChI is InChI=1S/C19H17FN2O6/c20-12-3-5-13(6-4-12)22-17(24)10-15(19(22)27)21(11-14-2-1-9-28-14)16(23)7-8-18(25)26/h1-6,9,15H,7-8,10-11H2,(H,25,26)/p-1/t15-/m0/s1.